The van der Waals surface area contributed by atoms with Crippen molar-refractivity contribution in [3.8, 4) is 11.8 Å². The van der Waals surface area contributed by atoms with Crippen LogP contribution in [-0.4, -0.2) is 17.7 Å². The van der Waals surface area contributed by atoms with E-state index in [0.29, 0.717) is 22.2 Å². The van der Waals surface area contributed by atoms with E-state index in [1.54, 1.807) is 6.08 Å². The fraction of sp³-hybridized carbons (Fsp3) is 0.174. The molecule has 0 bridgehead atoms. The molecule has 5 nitrogen and oxygen atoms in total. The quantitative estimate of drug-likeness (QED) is 0.416. The van der Waals surface area contributed by atoms with Gasteiger partial charge >= 0.3 is 0 Å². The number of benzene rings is 2. The van der Waals surface area contributed by atoms with Crippen molar-refractivity contribution in [2.75, 3.05) is 6.61 Å². The van der Waals surface area contributed by atoms with Crippen LogP contribution >= 0.6 is 27.7 Å². The molecule has 152 valence electrons. The van der Waals surface area contributed by atoms with Crippen molar-refractivity contribution in [3.63, 3.8) is 0 Å². The zero-order valence-corrected chi connectivity index (χ0v) is 18.8. The number of ether oxygens (including phenoxy) is 1. The molecule has 7 heteroatoms. The molecule has 0 atom stereocenters. The molecule has 0 saturated carbocycles. The van der Waals surface area contributed by atoms with Gasteiger partial charge in [-0.25, -0.2) is 4.99 Å². The minimum atomic E-state index is -0.185. The Bertz CT molecular complexity index is 1070. The molecule has 30 heavy (non-hydrogen) atoms. The van der Waals surface area contributed by atoms with Crippen LogP contribution < -0.4 is 10.1 Å². The number of thioether (sulfide) groups is 1. The van der Waals surface area contributed by atoms with Crippen molar-refractivity contribution < 1.29 is 9.53 Å². The maximum atomic E-state index is 12.4. The maximum Gasteiger partial charge on any atom is 0.264 e. The van der Waals surface area contributed by atoms with E-state index in [0.717, 1.165) is 27.7 Å². The number of nitriles is 1. The summed E-state index contributed by atoms with van der Waals surface area (Å²) in [6.45, 7) is 5.84. The second-order valence-corrected chi connectivity index (χ2v) is 8.32. The van der Waals surface area contributed by atoms with E-state index in [1.807, 2.05) is 48.5 Å². The average Bonchev–Trinajstić information content (AvgIpc) is 3.07. The Morgan fingerprint density at radius 1 is 1.33 bits per heavy atom. The molecule has 1 amide bonds. The van der Waals surface area contributed by atoms with E-state index in [4.69, 9.17) is 10.00 Å². The van der Waals surface area contributed by atoms with Crippen LogP contribution in [0.15, 0.2) is 63.4 Å². The van der Waals surface area contributed by atoms with Gasteiger partial charge in [-0.15, -0.1) is 6.58 Å². The summed E-state index contributed by atoms with van der Waals surface area (Å²) >= 11 is 4.80. The third-order valence-electron chi connectivity index (χ3n) is 4.31. The summed E-state index contributed by atoms with van der Waals surface area (Å²) in [4.78, 5) is 17.5. The fourth-order valence-electron chi connectivity index (χ4n) is 2.89. The van der Waals surface area contributed by atoms with E-state index in [1.165, 1.54) is 17.3 Å². The summed E-state index contributed by atoms with van der Waals surface area (Å²) in [5.41, 5.74) is 3.76. The molecule has 0 radical (unpaired) electrons. The summed E-state index contributed by atoms with van der Waals surface area (Å²) < 4.78 is 6.26. The molecule has 0 unspecified atom stereocenters. The van der Waals surface area contributed by atoms with Gasteiger partial charge in [-0.1, -0.05) is 25.1 Å². The number of aryl methyl sites for hydroxylation is 1. The highest BCUT2D eigenvalue weighted by Gasteiger charge is 2.24. The van der Waals surface area contributed by atoms with E-state index < -0.39 is 0 Å². The summed E-state index contributed by atoms with van der Waals surface area (Å²) in [6.07, 6.45) is 5.13. The first-order valence-electron chi connectivity index (χ1n) is 9.35. The Kier molecular flexibility index (Phi) is 7.50. The van der Waals surface area contributed by atoms with Crippen molar-refractivity contribution in [3.05, 3.63) is 75.1 Å². The summed E-state index contributed by atoms with van der Waals surface area (Å²) in [6, 6.07) is 13.7. The van der Waals surface area contributed by atoms with Gasteiger partial charge in [0.2, 0.25) is 0 Å². The van der Waals surface area contributed by atoms with Crippen molar-refractivity contribution in [2.24, 2.45) is 4.99 Å². The molecule has 1 aliphatic rings. The van der Waals surface area contributed by atoms with Crippen LogP contribution in [0.4, 0.5) is 5.69 Å². The van der Waals surface area contributed by atoms with E-state index in [9.17, 15) is 4.79 Å². The Hall–Kier alpha value is -2.82. The summed E-state index contributed by atoms with van der Waals surface area (Å²) in [7, 11) is 0. The first-order chi connectivity index (χ1) is 14.5. The zero-order valence-electron chi connectivity index (χ0n) is 16.4. The Labute approximate surface area is 188 Å². The minimum absolute atomic E-state index is 0.0412. The number of hydrogen-bond donors (Lipinski definition) is 1. The lowest BCUT2D eigenvalue weighted by molar-refractivity contribution is -0.115. The molecule has 2 aromatic rings. The topological polar surface area (TPSA) is 74.5 Å². The largest absolute Gasteiger partial charge is 0.477 e. The van der Waals surface area contributed by atoms with Gasteiger partial charge < -0.3 is 10.1 Å². The number of nitrogens with one attached hydrogen (secondary N) is 1. The smallest absolute Gasteiger partial charge is 0.264 e. The molecule has 0 aromatic heterocycles. The van der Waals surface area contributed by atoms with Crippen molar-refractivity contribution in [1.29, 1.82) is 5.26 Å². The number of carbonyl (C=O) groups excluding carboxylic acids is 1. The van der Waals surface area contributed by atoms with Crippen LogP contribution in [0, 0.1) is 11.3 Å². The normalized spacial score (nSPS) is 15.8. The highest BCUT2D eigenvalue weighted by atomic mass is 79.9. The highest BCUT2D eigenvalue weighted by Crippen LogP contribution is 2.34. The minimum Gasteiger partial charge on any atom is -0.477 e. The van der Waals surface area contributed by atoms with E-state index in [2.05, 4.69) is 39.7 Å². The zero-order chi connectivity index (χ0) is 21.5. The van der Waals surface area contributed by atoms with Gasteiger partial charge in [-0.05, 0) is 87.6 Å². The third kappa shape index (κ3) is 5.41. The predicted octanol–water partition coefficient (Wildman–Crippen LogP) is 5.53. The second-order valence-electron chi connectivity index (χ2n) is 6.43. The van der Waals surface area contributed by atoms with E-state index in [-0.39, 0.29) is 12.5 Å². The molecule has 1 fully saturated rings. The molecule has 1 N–H and O–H groups in total. The van der Waals surface area contributed by atoms with Crippen LogP contribution in [-0.2, 0) is 17.6 Å². The number of allylic oxidation sites excluding steroid dienone is 1. The number of nitrogens with zero attached hydrogens (tertiary/aromatic N) is 2. The SMILES string of the molecule is C=CCc1cc(/C=C2\SC(=Nc3ccc(CC)cc3)NC2=O)cc(Br)c1OCC#N. The molecule has 1 saturated heterocycles. The van der Waals surface area contributed by atoms with Gasteiger partial charge in [0, 0.05) is 0 Å². The number of amides is 1. The molecule has 1 heterocycles. The average molecular weight is 482 g/mol. The number of rotatable bonds is 7. The lowest BCUT2D eigenvalue weighted by atomic mass is 10.1. The van der Waals surface area contributed by atoms with Gasteiger partial charge in [-0.2, -0.15) is 5.26 Å². The van der Waals surface area contributed by atoms with Crippen LogP contribution in [0.2, 0.25) is 0 Å². The molecule has 0 spiro atoms. The Balaban J connectivity index is 1.85. The number of amidine groups is 1. The van der Waals surface area contributed by atoms with Gasteiger partial charge in [-0.3, -0.25) is 4.79 Å². The van der Waals surface area contributed by atoms with Gasteiger partial charge in [0.05, 0.1) is 15.1 Å². The van der Waals surface area contributed by atoms with Crippen molar-refractivity contribution in [2.45, 2.75) is 19.8 Å². The molecule has 1 aliphatic heterocycles. The number of hydrogen-bond acceptors (Lipinski definition) is 5. The lowest BCUT2D eigenvalue weighted by Crippen LogP contribution is -2.19. The standard InChI is InChI=1S/C23H20BrN3O2S/c1-3-5-17-12-16(13-19(24)21(17)29-11-10-25)14-20-22(28)27-23(30-20)26-18-8-6-15(4-2)7-9-18/h3,6-9,12-14H,1,4-5,11H2,2H3,(H,26,27,28)/b20-14-. The fourth-order valence-corrected chi connectivity index (χ4v) is 4.36. The first-order valence-corrected chi connectivity index (χ1v) is 11.0. The van der Waals surface area contributed by atoms with Crippen LogP contribution in [0.25, 0.3) is 6.08 Å². The van der Waals surface area contributed by atoms with Gasteiger partial charge in [0.15, 0.2) is 11.8 Å². The summed E-state index contributed by atoms with van der Waals surface area (Å²) in [5, 5.41) is 12.2. The van der Waals surface area contributed by atoms with Crippen LogP contribution in [0.5, 0.6) is 5.75 Å². The van der Waals surface area contributed by atoms with Crippen LogP contribution in [0.3, 0.4) is 0 Å². The summed E-state index contributed by atoms with van der Waals surface area (Å²) in [5.74, 6) is 0.426. The van der Waals surface area contributed by atoms with E-state index >= 15 is 0 Å². The third-order valence-corrected chi connectivity index (χ3v) is 5.81. The number of halogens is 1. The predicted molar refractivity (Wildman–Crippen MR) is 126 cm³/mol. The lowest BCUT2D eigenvalue weighted by Gasteiger charge is -2.12. The molecule has 0 aliphatic carbocycles. The Morgan fingerprint density at radius 2 is 2.10 bits per heavy atom. The van der Waals surface area contributed by atoms with Crippen molar-refractivity contribution in [1.82, 2.24) is 5.32 Å². The Morgan fingerprint density at radius 3 is 2.77 bits per heavy atom. The highest BCUT2D eigenvalue weighted by molar-refractivity contribution is 9.10. The molecular formula is C23H20BrN3O2S. The monoisotopic (exact) mass is 481 g/mol. The number of aliphatic imine (C=N–C) groups is 1. The van der Waals surface area contributed by atoms with Crippen LogP contribution in [0.1, 0.15) is 23.6 Å². The van der Waals surface area contributed by atoms with Gasteiger partial charge in [0.1, 0.15) is 11.8 Å². The second kappa shape index (κ2) is 10.3. The molecular weight excluding hydrogens is 462 g/mol. The maximum absolute atomic E-state index is 12.4. The number of carbonyl (C=O) groups is 1. The van der Waals surface area contributed by atoms with Gasteiger partial charge in [0.25, 0.3) is 5.91 Å². The first kappa shape index (κ1) is 21.9. The molecule has 2 aromatic carbocycles. The van der Waals surface area contributed by atoms with Crippen molar-refractivity contribution >= 4 is 50.5 Å². The molecule has 3 rings (SSSR count).